The van der Waals surface area contributed by atoms with Crippen molar-refractivity contribution in [2.75, 3.05) is 7.11 Å². The van der Waals surface area contributed by atoms with E-state index in [4.69, 9.17) is 22.1 Å². The maximum Gasteiger partial charge on any atom is 0.123 e. The van der Waals surface area contributed by atoms with E-state index in [1.54, 1.807) is 13.2 Å². The first kappa shape index (κ1) is 12.6. The summed E-state index contributed by atoms with van der Waals surface area (Å²) in [5.74, 6) is 0.786. The average molecular weight is 222 g/mol. The molecule has 2 nitrogen and oxygen atoms in total. The third kappa shape index (κ3) is 3.07. The summed E-state index contributed by atoms with van der Waals surface area (Å²) in [4.78, 5) is 0. The van der Waals surface area contributed by atoms with Crippen LogP contribution in [-0.2, 0) is 0 Å². The van der Waals surface area contributed by atoms with Gasteiger partial charge in [-0.3, -0.25) is 0 Å². The Morgan fingerprint density at radius 3 is 2.54 bits per heavy atom. The summed E-state index contributed by atoms with van der Waals surface area (Å²) >= 11 is 5.81. The maximum atomic E-state index is 5.81. The molecule has 0 saturated heterocycles. The van der Waals surface area contributed by atoms with E-state index in [-0.39, 0.29) is 18.4 Å². The lowest BCUT2D eigenvalue weighted by molar-refractivity contribution is 0.407. The minimum absolute atomic E-state index is 0. The fourth-order valence-electron chi connectivity index (χ4n) is 1.06. The first-order valence-electron chi connectivity index (χ1n) is 3.74. The van der Waals surface area contributed by atoms with Crippen LogP contribution < -0.4 is 10.5 Å². The zero-order chi connectivity index (χ0) is 9.14. The SMILES string of the molecule is COc1ccc(Cl)cc1[C@@H](C)N.Cl. The van der Waals surface area contributed by atoms with Gasteiger partial charge in [0, 0.05) is 16.6 Å². The van der Waals surface area contributed by atoms with Gasteiger partial charge < -0.3 is 10.5 Å². The molecule has 0 fully saturated rings. The molecule has 0 amide bonds. The Morgan fingerprint density at radius 1 is 1.46 bits per heavy atom. The lowest BCUT2D eigenvalue weighted by Crippen LogP contribution is -2.06. The summed E-state index contributed by atoms with van der Waals surface area (Å²) < 4.78 is 5.12. The Kier molecular flexibility index (Phi) is 5.14. The molecule has 13 heavy (non-hydrogen) atoms. The van der Waals surface area contributed by atoms with Crippen LogP contribution in [0.1, 0.15) is 18.5 Å². The molecule has 0 saturated carbocycles. The topological polar surface area (TPSA) is 35.2 Å². The third-order valence-electron chi connectivity index (χ3n) is 1.68. The zero-order valence-electron chi connectivity index (χ0n) is 7.58. The lowest BCUT2D eigenvalue weighted by Gasteiger charge is -2.11. The Hall–Kier alpha value is -0.440. The molecule has 1 rings (SSSR count). The molecule has 0 aliphatic rings. The van der Waals surface area contributed by atoms with E-state index in [0.29, 0.717) is 5.02 Å². The molecule has 0 aliphatic heterocycles. The van der Waals surface area contributed by atoms with Gasteiger partial charge in [-0.05, 0) is 25.1 Å². The van der Waals surface area contributed by atoms with Crippen molar-refractivity contribution in [2.45, 2.75) is 13.0 Å². The smallest absolute Gasteiger partial charge is 0.123 e. The van der Waals surface area contributed by atoms with Gasteiger partial charge in [0.1, 0.15) is 5.75 Å². The maximum absolute atomic E-state index is 5.81. The minimum atomic E-state index is -0.0568. The highest BCUT2D eigenvalue weighted by atomic mass is 35.5. The molecule has 1 aromatic rings. The van der Waals surface area contributed by atoms with Crippen LogP contribution >= 0.6 is 24.0 Å². The number of ether oxygens (including phenoxy) is 1. The number of nitrogens with two attached hydrogens (primary N) is 1. The van der Waals surface area contributed by atoms with Gasteiger partial charge in [-0.2, -0.15) is 0 Å². The molecule has 74 valence electrons. The van der Waals surface area contributed by atoms with E-state index in [9.17, 15) is 0 Å². The van der Waals surface area contributed by atoms with Gasteiger partial charge in [0.2, 0.25) is 0 Å². The Bertz CT molecular complexity index is 276. The molecule has 0 heterocycles. The molecule has 1 aromatic carbocycles. The van der Waals surface area contributed by atoms with Gasteiger partial charge in [0.25, 0.3) is 0 Å². The van der Waals surface area contributed by atoms with E-state index in [1.165, 1.54) is 0 Å². The Morgan fingerprint density at radius 2 is 2.08 bits per heavy atom. The number of hydrogen-bond acceptors (Lipinski definition) is 2. The molecule has 0 radical (unpaired) electrons. The van der Waals surface area contributed by atoms with E-state index in [0.717, 1.165) is 11.3 Å². The summed E-state index contributed by atoms with van der Waals surface area (Å²) in [6.45, 7) is 1.90. The quantitative estimate of drug-likeness (QED) is 0.834. The number of hydrogen-bond donors (Lipinski definition) is 1. The van der Waals surface area contributed by atoms with Crippen LogP contribution in [0.2, 0.25) is 5.02 Å². The molecule has 0 bridgehead atoms. The van der Waals surface area contributed by atoms with Crippen LogP contribution in [0.3, 0.4) is 0 Å². The van der Waals surface area contributed by atoms with E-state index >= 15 is 0 Å². The molecule has 0 aromatic heterocycles. The van der Waals surface area contributed by atoms with Crippen LogP contribution in [0, 0.1) is 0 Å². The number of halogens is 2. The summed E-state index contributed by atoms with van der Waals surface area (Å²) in [5, 5.41) is 0.683. The van der Waals surface area contributed by atoms with Gasteiger partial charge in [-0.15, -0.1) is 12.4 Å². The van der Waals surface area contributed by atoms with Crippen molar-refractivity contribution < 1.29 is 4.74 Å². The largest absolute Gasteiger partial charge is 0.496 e. The van der Waals surface area contributed by atoms with Crippen molar-refractivity contribution in [1.82, 2.24) is 0 Å². The molecule has 1 atom stereocenters. The van der Waals surface area contributed by atoms with Crippen LogP contribution in [0.4, 0.5) is 0 Å². The second kappa shape index (κ2) is 5.32. The van der Waals surface area contributed by atoms with Crippen LogP contribution in [0.15, 0.2) is 18.2 Å². The van der Waals surface area contributed by atoms with E-state index in [2.05, 4.69) is 0 Å². The van der Waals surface area contributed by atoms with E-state index < -0.39 is 0 Å². The van der Waals surface area contributed by atoms with Gasteiger partial charge in [0.05, 0.1) is 7.11 Å². The molecule has 0 unspecified atom stereocenters. The standard InChI is InChI=1S/C9H12ClNO.ClH/c1-6(11)8-5-7(10)3-4-9(8)12-2;/h3-6H,11H2,1-2H3;1H/t6-;/m1./s1. The van der Waals surface area contributed by atoms with Crippen molar-refractivity contribution in [3.05, 3.63) is 28.8 Å². The zero-order valence-corrected chi connectivity index (χ0v) is 9.15. The number of benzene rings is 1. The summed E-state index contributed by atoms with van der Waals surface area (Å²) in [6.07, 6.45) is 0. The van der Waals surface area contributed by atoms with Crippen molar-refractivity contribution in [1.29, 1.82) is 0 Å². The minimum Gasteiger partial charge on any atom is -0.496 e. The van der Waals surface area contributed by atoms with Gasteiger partial charge in [0.15, 0.2) is 0 Å². The molecular weight excluding hydrogens is 209 g/mol. The van der Waals surface area contributed by atoms with Gasteiger partial charge in [-0.1, -0.05) is 11.6 Å². The van der Waals surface area contributed by atoms with Crippen LogP contribution in [0.25, 0.3) is 0 Å². The van der Waals surface area contributed by atoms with Crippen molar-refractivity contribution >= 4 is 24.0 Å². The van der Waals surface area contributed by atoms with Crippen LogP contribution in [-0.4, -0.2) is 7.11 Å². The molecule has 2 N–H and O–H groups in total. The van der Waals surface area contributed by atoms with Gasteiger partial charge >= 0.3 is 0 Å². The Labute approximate surface area is 89.4 Å². The normalized spacial score (nSPS) is 11.7. The fourth-order valence-corrected chi connectivity index (χ4v) is 1.24. The van der Waals surface area contributed by atoms with Crippen molar-refractivity contribution in [2.24, 2.45) is 5.73 Å². The van der Waals surface area contributed by atoms with Crippen LogP contribution in [0.5, 0.6) is 5.75 Å². The van der Waals surface area contributed by atoms with Gasteiger partial charge in [-0.25, -0.2) is 0 Å². The summed E-state index contributed by atoms with van der Waals surface area (Å²) in [6, 6.07) is 5.37. The summed E-state index contributed by atoms with van der Waals surface area (Å²) in [7, 11) is 1.62. The first-order chi connectivity index (χ1) is 5.65. The predicted octanol–water partition coefficient (Wildman–Crippen LogP) is 2.79. The highest BCUT2D eigenvalue weighted by Gasteiger charge is 2.07. The predicted molar refractivity (Wildman–Crippen MR) is 57.9 cm³/mol. The first-order valence-corrected chi connectivity index (χ1v) is 4.12. The molecule has 0 aliphatic carbocycles. The summed E-state index contributed by atoms with van der Waals surface area (Å²) in [5.41, 5.74) is 6.66. The fraction of sp³-hybridized carbons (Fsp3) is 0.333. The molecule has 0 spiro atoms. The number of rotatable bonds is 2. The van der Waals surface area contributed by atoms with E-state index in [1.807, 2.05) is 19.1 Å². The highest BCUT2D eigenvalue weighted by molar-refractivity contribution is 6.30. The molecular formula is C9H13Cl2NO. The lowest BCUT2D eigenvalue weighted by atomic mass is 10.1. The second-order valence-corrected chi connectivity index (χ2v) is 3.11. The average Bonchev–Trinajstić information content (AvgIpc) is 2.04. The second-order valence-electron chi connectivity index (χ2n) is 2.67. The number of methoxy groups -OCH3 is 1. The highest BCUT2D eigenvalue weighted by Crippen LogP contribution is 2.26. The van der Waals surface area contributed by atoms with Crippen molar-refractivity contribution in [3.8, 4) is 5.75 Å². The third-order valence-corrected chi connectivity index (χ3v) is 1.92. The monoisotopic (exact) mass is 221 g/mol. The van der Waals surface area contributed by atoms with Crippen molar-refractivity contribution in [3.63, 3.8) is 0 Å². The Balaban J connectivity index is 0.00000144. The molecule has 4 heteroatoms.